The van der Waals surface area contributed by atoms with Crippen molar-refractivity contribution in [3.05, 3.63) is 75.5 Å². The van der Waals surface area contributed by atoms with E-state index in [0.717, 1.165) is 11.1 Å². The Morgan fingerprint density at radius 2 is 1.83 bits per heavy atom. The number of nitrogens with two attached hydrogens (primary N) is 1. The monoisotopic (exact) mass is 423 g/mol. The molecule has 0 radical (unpaired) electrons. The summed E-state index contributed by atoms with van der Waals surface area (Å²) in [6.45, 7) is 1.79. The van der Waals surface area contributed by atoms with Crippen LogP contribution >= 0.6 is 23.2 Å². The first kappa shape index (κ1) is 19.2. The van der Waals surface area contributed by atoms with Gasteiger partial charge in [-0.3, -0.25) is 0 Å². The Bertz CT molecular complexity index is 1270. The van der Waals surface area contributed by atoms with E-state index in [2.05, 4.69) is 27.1 Å². The number of nitrogens with zero attached hydrogens (tertiary/aromatic N) is 4. The molecule has 0 fully saturated rings. The molecule has 0 aliphatic carbocycles. The summed E-state index contributed by atoms with van der Waals surface area (Å²) in [5.74, 6) is 5.99. The molecule has 144 valence electrons. The third-order valence-corrected chi connectivity index (χ3v) is 5.05. The molecule has 2 aromatic heterocycles. The fourth-order valence-electron chi connectivity index (χ4n) is 2.94. The maximum Gasteiger partial charge on any atom is 0.178 e. The van der Waals surface area contributed by atoms with Crippen LogP contribution in [0, 0.1) is 18.8 Å². The highest BCUT2D eigenvalue weighted by Crippen LogP contribution is 2.30. The average molecular weight is 424 g/mol. The van der Waals surface area contributed by atoms with Crippen LogP contribution in [0.4, 0.5) is 5.82 Å². The Labute approximate surface area is 176 Å². The third-order valence-electron chi connectivity index (χ3n) is 4.47. The van der Waals surface area contributed by atoms with E-state index in [1.165, 1.54) is 10.7 Å². The smallest absolute Gasteiger partial charge is 0.178 e. The van der Waals surface area contributed by atoms with Gasteiger partial charge in [0.1, 0.15) is 11.9 Å². The molecular formula is C21H15Cl2N5O. The largest absolute Gasteiger partial charge is 0.382 e. The Balaban J connectivity index is 1.65. The topological polar surface area (TPSA) is 89.3 Å². The molecule has 1 atom stereocenters. The van der Waals surface area contributed by atoms with Gasteiger partial charge in [0.2, 0.25) is 0 Å². The van der Waals surface area contributed by atoms with Gasteiger partial charge in [-0.05, 0) is 36.2 Å². The first-order chi connectivity index (χ1) is 13.9. The summed E-state index contributed by atoms with van der Waals surface area (Å²) in [4.78, 5) is 4.35. The van der Waals surface area contributed by atoms with Crippen LogP contribution in [-0.2, 0) is 0 Å². The first-order valence-electron chi connectivity index (χ1n) is 8.65. The fraction of sp³-hybridized carbons (Fsp3) is 0.0952. The van der Waals surface area contributed by atoms with E-state index < -0.39 is 6.10 Å². The van der Waals surface area contributed by atoms with Gasteiger partial charge in [0.25, 0.3) is 0 Å². The maximum atomic E-state index is 10.5. The van der Waals surface area contributed by atoms with Crippen LogP contribution in [0.15, 0.2) is 48.7 Å². The average Bonchev–Trinajstić information content (AvgIpc) is 3.16. The third kappa shape index (κ3) is 3.76. The van der Waals surface area contributed by atoms with Crippen LogP contribution in [0.2, 0.25) is 10.0 Å². The summed E-state index contributed by atoms with van der Waals surface area (Å²) in [6, 6.07) is 12.8. The van der Waals surface area contributed by atoms with E-state index >= 15 is 0 Å². The van der Waals surface area contributed by atoms with Crippen molar-refractivity contribution in [2.75, 3.05) is 5.73 Å². The minimum atomic E-state index is -1.09. The molecule has 2 heterocycles. The summed E-state index contributed by atoms with van der Waals surface area (Å²) in [5, 5.41) is 19.3. The summed E-state index contributed by atoms with van der Waals surface area (Å²) in [5.41, 5.74) is 10.1. The van der Waals surface area contributed by atoms with E-state index in [0.29, 0.717) is 38.3 Å². The number of hydrogen-bond acceptors (Lipinski definition) is 5. The quantitative estimate of drug-likeness (QED) is 0.474. The van der Waals surface area contributed by atoms with Crippen LogP contribution in [0.3, 0.4) is 0 Å². The lowest BCUT2D eigenvalue weighted by atomic mass is 10.0. The Hall–Kier alpha value is -3.11. The van der Waals surface area contributed by atoms with Gasteiger partial charge in [-0.2, -0.15) is 4.52 Å². The lowest BCUT2D eigenvalue weighted by molar-refractivity contribution is 0.238. The summed E-state index contributed by atoms with van der Waals surface area (Å²) in [6.07, 6.45) is 0.421. The minimum Gasteiger partial charge on any atom is -0.382 e. The van der Waals surface area contributed by atoms with Gasteiger partial charge in [0.15, 0.2) is 5.65 Å². The van der Waals surface area contributed by atoms with E-state index in [-0.39, 0.29) is 0 Å². The van der Waals surface area contributed by atoms with E-state index in [4.69, 9.17) is 28.9 Å². The molecule has 6 nitrogen and oxygen atoms in total. The number of anilines is 1. The van der Waals surface area contributed by atoms with Gasteiger partial charge in [0.05, 0.1) is 17.5 Å². The molecule has 29 heavy (non-hydrogen) atoms. The van der Waals surface area contributed by atoms with Crippen molar-refractivity contribution in [1.82, 2.24) is 19.8 Å². The van der Waals surface area contributed by atoms with Gasteiger partial charge < -0.3 is 10.8 Å². The number of hydrogen-bond donors (Lipinski definition) is 2. The maximum absolute atomic E-state index is 10.5. The molecule has 0 bridgehead atoms. The van der Waals surface area contributed by atoms with Gasteiger partial charge in [-0.1, -0.05) is 64.5 Å². The van der Waals surface area contributed by atoms with Crippen LogP contribution in [-0.4, -0.2) is 24.9 Å². The van der Waals surface area contributed by atoms with E-state index in [1.54, 1.807) is 19.1 Å². The number of halogens is 2. The van der Waals surface area contributed by atoms with Crippen molar-refractivity contribution in [2.24, 2.45) is 0 Å². The molecule has 0 saturated heterocycles. The number of fused-ring (bicyclic) bond motifs is 1. The molecular weight excluding hydrogens is 409 g/mol. The van der Waals surface area contributed by atoms with Gasteiger partial charge in [-0.15, -0.1) is 5.10 Å². The summed E-state index contributed by atoms with van der Waals surface area (Å²) >= 11 is 12.3. The van der Waals surface area contributed by atoms with Crippen molar-refractivity contribution in [3.8, 4) is 23.0 Å². The number of aromatic nitrogens is 4. The van der Waals surface area contributed by atoms with Gasteiger partial charge >= 0.3 is 0 Å². The van der Waals surface area contributed by atoms with Gasteiger partial charge in [0, 0.05) is 15.6 Å². The molecule has 0 aliphatic rings. The molecule has 0 aliphatic heterocycles. The lowest BCUT2D eigenvalue weighted by Crippen LogP contribution is -2.06. The van der Waals surface area contributed by atoms with Crippen molar-refractivity contribution < 1.29 is 5.11 Å². The molecule has 0 spiro atoms. The highest BCUT2D eigenvalue weighted by Gasteiger charge is 2.13. The molecule has 8 heteroatoms. The van der Waals surface area contributed by atoms with Crippen molar-refractivity contribution >= 4 is 34.7 Å². The highest BCUT2D eigenvalue weighted by molar-refractivity contribution is 6.32. The number of aryl methyl sites for hydroxylation is 1. The van der Waals surface area contributed by atoms with Crippen LogP contribution in [0.5, 0.6) is 0 Å². The SMILES string of the molecule is Cc1nc2cnnn2c(N)c1C#CC(O)c1ccc(-c2ccc(Cl)cc2)cc1Cl. The van der Waals surface area contributed by atoms with Crippen molar-refractivity contribution in [1.29, 1.82) is 0 Å². The van der Waals surface area contributed by atoms with E-state index in [1.807, 2.05) is 30.3 Å². The summed E-state index contributed by atoms with van der Waals surface area (Å²) < 4.78 is 1.40. The molecule has 3 N–H and O–H groups in total. The van der Waals surface area contributed by atoms with Crippen LogP contribution in [0.1, 0.15) is 22.9 Å². The molecule has 0 amide bonds. The van der Waals surface area contributed by atoms with E-state index in [9.17, 15) is 5.11 Å². The lowest BCUT2D eigenvalue weighted by Gasteiger charge is -2.10. The second-order valence-corrected chi connectivity index (χ2v) is 7.22. The zero-order chi connectivity index (χ0) is 20.5. The predicted molar refractivity (Wildman–Crippen MR) is 114 cm³/mol. The van der Waals surface area contributed by atoms with Crippen molar-refractivity contribution in [3.63, 3.8) is 0 Å². The minimum absolute atomic E-state index is 0.314. The summed E-state index contributed by atoms with van der Waals surface area (Å²) in [7, 11) is 0. The Morgan fingerprint density at radius 3 is 2.55 bits per heavy atom. The zero-order valence-corrected chi connectivity index (χ0v) is 16.8. The molecule has 4 aromatic rings. The van der Waals surface area contributed by atoms with Gasteiger partial charge in [-0.25, -0.2) is 4.98 Å². The number of aliphatic hydroxyl groups is 1. The van der Waals surface area contributed by atoms with Crippen molar-refractivity contribution in [2.45, 2.75) is 13.0 Å². The van der Waals surface area contributed by atoms with Crippen LogP contribution < -0.4 is 5.73 Å². The Morgan fingerprint density at radius 1 is 1.10 bits per heavy atom. The first-order valence-corrected chi connectivity index (χ1v) is 9.41. The molecule has 0 saturated carbocycles. The molecule has 1 unspecified atom stereocenters. The second kappa shape index (κ2) is 7.72. The number of rotatable bonds is 2. The number of nitrogen functional groups attached to an aromatic ring is 1. The predicted octanol–water partition coefficient (Wildman–Crippen LogP) is 4.07. The zero-order valence-electron chi connectivity index (χ0n) is 15.3. The fourth-order valence-corrected chi connectivity index (χ4v) is 3.35. The highest BCUT2D eigenvalue weighted by atomic mass is 35.5. The Kier molecular flexibility index (Phi) is 5.12. The molecule has 4 rings (SSSR count). The van der Waals surface area contributed by atoms with Crippen LogP contribution in [0.25, 0.3) is 16.8 Å². The normalized spacial score (nSPS) is 11.9. The second-order valence-electron chi connectivity index (χ2n) is 6.38. The number of benzene rings is 2. The standard InChI is InChI=1S/C21H15Cl2N5O/c1-12-16(21(24)28-20(26-12)11-25-27-28)8-9-19(29)17-7-4-14(10-18(17)23)13-2-5-15(22)6-3-13/h2-7,10-11,19,29H,24H2,1H3. The number of aliphatic hydroxyl groups excluding tert-OH is 1. The molecule has 2 aromatic carbocycles.